The van der Waals surface area contributed by atoms with Gasteiger partial charge in [-0.2, -0.15) is 0 Å². The maximum absolute atomic E-state index is 14.0. The van der Waals surface area contributed by atoms with Crippen LogP contribution in [0.3, 0.4) is 0 Å². The maximum Gasteiger partial charge on any atom is 0.411 e. The fourth-order valence-electron chi connectivity index (χ4n) is 3.08. The average Bonchev–Trinajstić information content (AvgIpc) is 3.02. The monoisotopic (exact) mass is 404 g/mol. The van der Waals surface area contributed by atoms with Gasteiger partial charge in [0.1, 0.15) is 29.0 Å². The summed E-state index contributed by atoms with van der Waals surface area (Å²) in [5, 5.41) is 13.2. The molecule has 0 fully saturated rings. The lowest BCUT2D eigenvalue weighted by Crippen LogP contribution is -2.40. The Morgan fingerprint density at radius 1 is 1.17 bits per heavy atom. The number of hydrogen-bond donors (Lipinski definition) is 2. The Kier molecular flexibility index (Phi) is 5.43. The van der Waals surface area contributed by atoms with Gasteiger partial charge in [-0.25, -0.2) is 13.6 Å². The molecular weight excluding hydrogens is 384 g/mol. The average molecular weight is 404 g/mol. The molecule has 0 unspecified atom stereocenters. The highest BCUT2D eigenvalue weighted by Crippen LogP contribution is 2.37. The normalized spacial score (nSPS) is 15.7. The van der Waals surface area contributed by atoms with Crippen molar-refractivity contribution in [2.45, 2.75) is 39.0 Å². The third kappa shape index (κ3) is 4.29. The number of carbonyl (C=O) groups is 2. The van der Waals surface area contributed by atoms with Crippen LogP contribution in [0.4, 0.5) is 25.0 Å². The molecule has 2 aromatic carbocycles. The summed E-state index contributed by atoms with van der Waals surface area (Å²) in [6, 6.07) is 6.49. The van der Waals surface area contributed by atoms with Crippen LogP contribution in [0.5, 0.6) is 0 Å². The Morgan fingerprint density at radius 3 is 2.41 bits per heavy atom. The number of para-hydroxylation sites is 1. The quantitative estimate of drug-likeness (QED) is 0.744. The molecule has 1 atom stereocenters. The molecular formula is C20H20F2N3O4-. The van der Waals surface area contributed by atoms with Gasteiger partial charge in [-0.3, -0.25) is 9.69 Å². The molecule has 2 N–H and O–H groups in total. The highest BCUT2D eigenvalue weighted by Gasteiger charge is 2.41. The van der Waals surface area contributed by atoms with Crippen molar-refractivity contribution in [3.8, 4) is 0 Å². The summed E-state index contributed by atoms with van der Waals surface area (Å²) < 4.78 is 33.3. The lowest BCUT2D eigenvalue weighted by molar-refractivity contribution is -0.121. The van der Waals surface area contributed by atoms with E-state index in [-0.39, 0.29) is 12.2 Å². The van der Waals surface area contributed by atoms with Crippen LogP contribution in [-0.4, -0.2) is 22.5 Å². The van der Waals surface area contributed by atoms with Gasteiger partial charge < -0.3 is 20.7 Å². The van der Waals surface area contributed by atoms with Crippen LogP contribution in [0, 0.1) is 16.8 Å². The number of carbonyl (C=O) groups excluding carboxylic acids is 2. The lowest BCUT2D eigenvalue weighted by Gasteiger charge is -2.28. The second kappa shape index (κ2) is 7.67. The predicted molar refractivity (Wildman–Crippen MR) is 103 cm³/mol. The Hall–Kier alpha value is -3.20. The van der Waals surface area contributed by atoms with E-state index >= 15 is 0 Å². The zero-order valence-corrected chi connectivity index (χ0v) is 16.1. The number of ether oxygens (including phenoxy) is 1. The largest absolute Gasteiger partial charge is 0.761 e. The first-order chi connectivity index (χ1) is 13.6. The molecule has 9 heteroatoms. The molecule has 154 valence electrons. The van der Waals surface area contributed by atoms with E-state index in [0.29, 0.717) is 11.1 Å². The van der Waals surface area contributed by atoms with Gasteiger partial charge in [0.25, 0.3) is 5.91 Å². The molecule has 0 spiro atoms. The van der Waals surface area contributed by atoms with Gasteiger partial charge in [0.15, 0.2) is 0 Å². The van der Waals surface area contributed by atoms with Gasteiger partial charge in [0, 0.05) is 5.69 Å². The number of amides is 2. The molecule has 2 amide bonds. The summed E-state index contributed by atoms with van der Waals surface area (Å²) in [6.45, 7) is 5.08. The molecule has 1 aliphatic rings. The fourth-order valence-corrected chi connectivity index (χ4v) is 3.08. The van der Waals surface area contributed by atoms with Gasteiger partial charge in [-0.15, -0.1) is 0 Å². The summed E-state index contributed by atoms with van der Waals surface area (Å²) in [4.78, 5) is 26.8. The van der Waals surface area contributed by atoms with Crippen molar-refractivity contribution < 1.29 is 23.1 Å². The summed E-state index contributed by atoms with van der Waals surface area (Å²) in [5.74, 6) is -2.73. The third-order valence-corrected chi connectivity index (χ3v) is 4.30. The first-order valence-corrected chi connectivity index (χ1v) is 8.86. The number of rotatable bonds is 3. The van der Waals surface area contributed by atoms with Crippen LogP contribution in [-0.2, 0) is 16.1 Å². The number of anilines is 2. The van der Waals surface area contributed by atoms with Gasteiger partial charge in [-0.05, 0) is 56.2 Å². The number of nitrogens with one attached hydrogen (secondary N) is 2. The molecule has 7 nitrogen and oxygen atoms in total. The van der Waals surface area contributed by atoms with Crippen LogP contribution in [0.15, 0.2) is 36.4 Å². The lowest BCUT2D eigenvalue weighted by atomic mass is 10.0. The Labute approximate surface area is 166 Å². The maximum atomic E-state index is 14.0. The number of nitrogens with zero attached hydrogens (tertiary/aromatic N) is 1. The van der Waals surface area contributed by atoms with Crippen LogP contribution >= 0.6 is 0 Å². The second-order valence-corrected chi connectivity index (χ2v) is 7.61. The van der Waals surface area contributed by atoms with E-state index in [2.05, 4.69) is 5.32 Å². The van der Waals surface area contributed by atoms with Crippen LogP contribution in [0.25, 0.3) is 0 Å². The first-order valence-electron chi connectivity index (χ1n) is 8.86. The van der Waals surface area contributed by atoms with Crippen molar-refractivity contribution >= 4 is 23.4 Å². The summed E-state index contributed by atoms with van der Waals surface area (Å²) >= 11 is 0. The number of fused-ring (bicyclic) bond motifs is 1. The standard InChI is InChI=1S/C20H20F2N3O4/c1-20(2,3)29-19(27)25-10-11-7-8-12(24-28)9-13(11)17(25)18(26)23-16-14(21)5-4-6-15(16)22/h4-9,17,24H,10H2,1-3H3,(H,23,26)/q-1/t17-/m0/s1. The number of halogens is 2. The number of benzene rings is 2. The summed E-state index contributed by atoms with van der Waals surface area (Å²) in [7, 11) is 0. The highest BCUT2D eigenvalue weighted by molar-refractivity contribution is 5.98. The Bertz CT molecular complexity index is 939. The predicted octanol–water partition coefficient (Wildman–Crippen LogP) is 4.31. The van der Waals surface area contributed by atoms with E-state index in [0.717, 1.165) is 17.0 Å². The fraction of sp³-hybridized carbons (Fsp3) is 0.300. The van der Waals surface area contributed by atoms with Gasteiger partial charge in [-0.1, -0.05) is 12.1 Å². The van der Waals surface area contributed by atoms with E-state index in [4.69, 9.17) is 4.74 Å². The van der Waals surface area contributed by atoms with E-state index < -0.39 is 41.0 Å². The molecule has 0 saturated carbocycles. The molecule has 0 radical (unpaired) electrons. The Balaban J connectivity index is 1.98. The van der Waals surface area contributed by atoms with Crippen molar-refractivity contribution in [1.82, 2.24) is 4.90 Å². The smallest absolute Gasteiger partial charge is 0.411 e. The molecule has 0 bridgehead atoms. The molecule has 0 saturated heterocycles. The van der Waals surface area contributed by atoms with Gasteiger partial charge in [0.2, 0.25) is 0 Å². The van der Waals surface area contributed by atoms with Crippen LogP contribution in [0.1, 0.15) is 37.9 Å². The SMILES string of the molecule is CC(C)(C)OC(=O)N1Cc2ccc(N[O-])cc2[C@H]1C(=O)Nc1c(F)cccc1F. The first kappa shape index (κ1) is 20.5. The second-order valence-electron chi connectivity index (χ2n) is 7.61. The van der Waals surface area contributed by atoms with Crippen LogP contribution < -0.4 is 10.8 Å². The molecule has 1 aliphatic heterocycles. The van der Waals surface area contributed by atoms with Gasteiger partial charge in [0.05, 0.1) is 6.54 Å². The molecule has 29 heavy (non-hydrogen) atoms. The van der Waals surface area contributed by atoms with Crippen molar-refractivity contribution in [2.24, 2.45) is 0 Å². The molecule has 3 rings (SSSR count). The molecule has 0 aromatic heterocycles. The van der Waals surface area contributed by atoms with Crippen molar-refractivity contribution in [3.05, 3.63) is 64.4 Å². The van der Waals surface area contributed by atoms with E-state index in [1.165, 1.54) is 18.2 Å². The summed E-state index contributed by atoms with van der Waals surface area (Å²) in [5.41, 5.74) is 1.47. The van der Waals surface area contributed by atoms with E-state index in [9.17, 15) is 23.6 Å². The van der Waals surface area contributed by atoms with Crippen molar-refractivity contribution in [1.29, 1.82) is 0 Å². The van der Waals surface area contributed by atoms with E-state index in [1.807, 2.05) is 0 Å². The van der Waals surface area contributed by atoms with Crippen LogP contribution in [0.2, 0.25) is 0 Å². The molecule has 2 aromatic rings. The minimum atomic E-state index is -1.23. The molecule has 1 heterocycles. The Morgan fingerprint density at radius 2 is 1.83 bits per heavy atom. The zero-order valence-electron chi connectivity index (χ0n) is 16.1. The number of hydrogen-bond acceptors (Lipinski definition) is 5. The molecule has 0 aliphatic carbocycles. The van der Waals surface area contributed by atoms with Gasteiger partial charge >= 0.3 is 6.09 Å². The minimum absolute atomic E-state index is 0.0429. The third-order valence-electron chi connectivity index (χ3n) is 4.30. The highest BCUT2D eigenvalue weighted by atomic mass is 19.1. The zero-order chi connectivity index (χ0) is 21.3. The summed E-state index contributed by atoms with van der Waals surface area (Å²) in [6.07, 6.45) is -0.764. The van der Waals surface area contributed by atoms with Crippen molar-refractivity contribution in [2.75, 3.05) is 10.8 Å². The van der Waals surface area contributed by atoms with Crippen molar-refractivity contribution in [3.63, 3.8) is 0 Å². The topological polar surface area (TPSA) is 93.7 Å². The minimum Gasteiger partial charge on any atom is -0.761 e. The van der Waals surface area contributed by atoms with E-state index in [1.54, 1.807) is 32.3 Å².